The summed E-state index contributed by atoms with van der Waals surface area (Å²) in [6, 6.07) is 7.84. The van der Waals surface area contributed by atoms with Crippen LogP contribution in [0.1, 0.15) is 31.3 Å². The van der Waals surface area contributed by atoms with Crippen molar-refractivity contribution in [2.45, 2.75) is 26.5 Å². The van der Waals surface area contributed by atoms with Crippen molar-refractivity contribution >= 4 is 0 Å². The maximum absolute atomic E-state index is 5.89. The molecule has 0 spiro atoms. The molecule has 1 atom stereocenters. The van der Waals surface area contributed by atoms with E-state index in [-0.39, 0.29) is 6.04 Å². The molecule has 1 aromatic carbocycles. The normalized spacial score (nSPS) is 12.0. The monoisotopic (exact) mass is 287 g/mol. The van der Waals surface area contributed by atoms with Crippen LogP contribution < -0.4 is 14.8 Å². The number of aromatic nitrogens is 2. The Kier molecular flexibility index (Phi) is 5.51. The van der Waals surface area contributed by atoms with Gasteiger partial charge in [0.25, 0.3) is 0 Å². The molecule has 0 bridgehead atoms. The third-order valence-electron chi connectivity index (χ3n) is 3.17. The first-order chi connectivity index (χ1) is 10.2. The minimum absolute atomic E-state index is 0.201. The SMILES string of the molecule is CCNC(C)c1ccc(OC)cc1OCc1ncccn1. The topological polar surface area (TPSA) is 56.3 Å². The number of nitrogens with one attached hydrogen (secondary N) is 1. The van der Waals surface area contributed by atoms with Crippen LogP contribution in [0.15, 0.2) is 36.7 Å². The molecule has 0 saturated heterocycles. The van der Waals surface area contributed by atoms with Crippen LogP contribution in [0.4, 0.5) is 0 Å². The van der Waals surface area contributed by atoms with Gasteiger partial charge in [-0.05, 0) is 25.6 Å². The fourth-order valence-electron chi connectivity index (χ4n) is 2.09. The molecule has 1 N–H and O–H groups in total. The summed E-state index contributed by atoms with van der Waals surface area (Å²) < 4.78 is 11.2. The van der Waals surface area contributed by atoms with E-state index < -0.39 is 0 Å². The lowest BCUT2D eigenvalue weighted by Crippen LogP contribution is -2.18. The lowest BCUT2D eigenvalue weighted by Gasteiger charge is -2.18. The minimum atomic E-state index is 0.201. The smallest absolute Gasteiger partial charge is 0.166 e. The Hall–Kier alpha value is -2.14. The zero-order valence-corrected chi connectivity index (χ0v) is 12.7. The zero-order chi connectivity index (χ0) is 15.1. The second-order valence-corrected chi connectivity index (χ2v) is 4.64. The predicted octanol–water partition coefficient (Wildman–Crippen LogP) is 2.73. The molecule has 0 amide bonds. The van der Waals surface area contributed by atoms with Gasteiger partial charge in [-0.1, -0.05) is 13.0 Å². The summed E-state index contributed by atoms with van der Waals surface area (Å²) in [6.45, 7) is 5.42. The number of rotatable bonds is 7. The van der Waals surface area contributed by atoms with E-state index in [1.54, 1.807) is 25.6 Å². The van der Waals surface area contributed by atoms with Crippen molar-refractivity contribution in [3.63, 3.8) is 0 Å². The van der Waals surface area contributed by atoms with E-state index in [0.29, 0.717) is 12.4 Å². The second kappa shape index (κ2) is 7.59. The highest BCUT2D eigenvalue weighted by Crippen LogP contribution is 2.30. The highest BCUT2D eigenvalue weighted by Gasteiger charge is 2.12. The van der Waals surface area contributed by atoms with Gasteiger partial charge in [-0.15, -0.1) is 0 Å². The summed E-state index contributed by atoms with van der Waals surface area (Å²) in [5.41, 5.74) is 1.09. The van der Waals surface area contributed by atoms with Crippen LogP contribution in [0.5, 0.6) is 11.5 Å². The maximum atomic E-state index is 5.89. The van der Waals surface area contributed by atoms with E-state index in [1.807, 2.05) is 18.2 Å². The minimum Gasteiger partial charge on any atom is -0.497 e. The van der Waals surface area contributed by atoms with Crippen molar-refractivity contribution in [2.75, 3.05) is 13.7 Å². The lowest BCUT2D eigenvalue weighted by atomic mass is 10.1. The Balaban J connectivity index is 2.18. The fourth-order valence-corrected chi connectivity index (χ4v) is 2.09. The largest absolute Gasteiger partial charge is 0.497 e. The zero-order valence-electron chi connectivity index (χ0n) is 12.7. The lowest BCUT2D eigenvalue weighted by molar-refractivity contribution is 0.287. The number of methoxy groups -OCH3 is 1. The van der Waals surface area contributed by atoms with Gasteiger partial charge in [0.2, 0.25) is 0 Å². The summed E-state index contributed by atoms with van der Waals surface area (Å²) >= 11 is 0. The highest BCUT2D eigenvalue weighted by atomic mass is 16.5. The molecule has 2 rings (SSSR count). The molecule has 112 valence electrons. The van der Waals surface area contributed by atoms with Crippen molar-refractivity contribution in [3.8, 4) is 11.5 Å². The van der Waals surface area contributed by atoms with Gasteiger partial charge in [-0.2, -0.15) is 0 Å². The summed E-state index contributed by atoms with van der Waals surface area (Å²) in [4.78, 5) is 8.33. The standard InChI is InChI=1S/C16H21N3O2/c1-4-17-12(2)14-7-6-13(20-3)10-15(14)21-11-16-18-8-5-9-19-16/h5-10,12,17H,4,11H2,1-3H3. The molecule has 0 aliphatic carbocycles. The first-order valence-corrected chi connectivity index (χ1v) is 7.04. The van der Waals surface area contributed by atoms with Crippen LogP contribution in [-0.2, 0) is 6.61 Å². The van der Waals surface area contributed by atoms with Crippen LogP contribution in [0.25, 0.3) is 0 Å². The van der Waals surface area contributed by atoms with Crippen LogP contribution in [-0.4, -0.2) is 23.6 Å². The number of hydrogen-bond acceptors (Lipinski definition) is 5. The molecule has 1 heterocycles. The van der Waals surface area contributed by atoms with E-state index in [2.05, 4.69) is 29.1 Å². The maximum Gasteiger partial charge on any atom is 0.166 e. The molecule has 0 aliphatic rings. The number of ether oxygens (including phenoxy) is 2. The van der Waals surface area contributed by atoms with Crippen molar-refractivity contribution in [1.29, 1.82) is 0 Å². The molecule has 0 aliphatic heterocycles. The quantitative estimate of drug-likeness (QED) is 0.848. The average molecular weight is 287 g/mol. The molecule has 21 heavy (non-hydrogen) atoms. The molecule has 5 nitrogen and oxygen atoms in total. The fraction of sp³-hybridized carbons (Fsp3) is 0.375. The summed E-state index contributed by atoms with van der Waals surface area (Å²) in [5.74, 6) is 2.21. The van der Waals surface area contributed by atoms with Gasteiger partial charge in [-0.3, -0.25) is 0 Å². The summed E-state index contributed by atoms with van der Waals surface area (Å²) in [6.07, 6.45) is 3.42. The van der Waals surface area contributed by atoms with Crippen molar-refractivity contribution in [1.82, 2.24) is 15.3 Å². The number of nitrogens with zero attached hydrogens (tertiary/aromatic N) is 2. The molecular weight excluding hydrogens is 266 g/mol. The van der Waals surface area contributed by atoms with Gasteiger partial charge < -0.3 is 14.8 Å². The van der Waals surface area contributed by atoms with Gasteiger partial charge >= 0.3 is 0 Å². The van der Waals surface area contributed by atoms with E-state index in [0.717, 1.165) is 23.6 Å². The van der Waals surface area contributed by atoms with Gasteiger partial charge in [0, 0.05) is 30.1 Å². The molecule has 0 saturated carbocycles. The Morgan fingerprint density at radius 2 is 2.00 bits per heavy atom. The Morgan fingerprint density at radius 3 is 2.67 bits per heavy atom. The van der Waals surface area contributed by atoms with Gasteiger partial charge in [-0.25, -0.2) is 9.97 Å². The van der Waals surface area contributed by atoms with Crippen molar-refractivity contribution in [2.24, 2.45) is 0 Å². The molecule has 0 radical (unpaired) electrons. The summed E-state index contributed by atoms with van der Waals surface area (Å²) in [5, 5.41) is 3.39. The molecule has 0 fully saturated rings. The van der Waals surface area contributed by atoms with Crippen LogP contribution in [0.3, 0.4) is 0 Å². The third kappa shape index (κ3) is 4.16. The Bertz CT molecular complexity index is 561. The molecule has 1 unspecified atom stereocenters. The molecular formula is C16H21N3O2. The van der Waals surface area contributed by atoms with Gasteiger partial charge in [0.05, 0.1) is 7.11 Å². The van der Waals surface area contributed by atoms with E-state index >= 15 is 0 Å². The predicted molar refractivity (Wildman–Crippen MR) is 81.4 cm³/mol. The molecule has 5 heteroatoms. The first kappa shape index (κ1) is 15.3. The second-order valence-electron chi connectivity index (χ2n) is 4.64. The van der Waals surface area contributed by atoms with Crippen molar-refractivity contribution in [3.05, 3.63) is 48.0 Å². The van der Waals surface area contributed by atoms with Crippen molar-refractivity contribution < 1.29 is 9.47 Å². The number of hydrogen-bond donors (Lipinski definition) is 1. The van der Waals surface area contributed by atoms with E-state index in [4.69, 9.17) is 9.47 Å². The molecule has 2 aromatic rings. The van der Waals surface area contributed by atoms with Crippen LogP contribution in [0, 0.1) is 0 Å². The van der Waals surface area contributed by atoms with Gasteiger partial charge in [0.15, 0.2) is 5.82 Å². The van der Waals surface area contributed by atoms with Crippen LogP contribution >= 0.6 is 0 Å². The average Bonchev–Trinajstić information content (AvgIpc) is 2.53. The Morgan fingerprint density at radius 1 is 1.24 bits per heavy atom. The molecule has 1 aromatic heterocycles. The van der Waals surface area contributed by atoms with Gasteiger partial charge in [0.1, 0.15) is 18.1 Å². The number of benzene rings is 1. The highest BCUT2D eigenvalue weighted by molar-refractivity contribution is 5.42. The first-order valence-electron chi connectivity index (χ1n) is 7.04. The van der Waals surface area contributed by atoms with Crippen LogP contribution in [0.2, 0.25) is 0 Å². The van der Waals surface area contributed by atoms with E-state index in [1.165, 1.54) is 0 Å². The summed E-state index contributed by atoms with van der Waals surface area (Å²) in [7, 11) is 1.65. The van der Waals surface area contributed by atoms with E-state index in [9.17, 15) is 0 Å². The third-order valence-corrected chi connectivity index (χ3v) is 3.17. The Labute approximate surface area is 125 Å².